The molecule has 1 N–H and O–H groups in total. The Kier molecular flexibility index (Phi) is 2.33. The van der Waals surface area contributed by atoms with E-state index in [4.69, 9.17) is 14.6 Å². The quantitative estimate of drug-likeness (QED) is 0.780. The molecule has 1 heterocycles. The number of ether oxygens (including phenoxy) is 2. The van der Waals surface area contributed by atoms with Gasteiger partial charge in [-0.3, -0.25) is 0 Å². The van der Waals surface area contributed by atoms with Crippen molar-refractivity contribution in [3.63, 3.8) is 0 Å². The Labute approximate surface area is 83.3 Å². The number of benzene rings is 1. The van der Waals surface area contributed by atoms with Crippen molar-refractivity contribution >= 4 is 0 Å². The van der Waals surface area contributed by atoms with E-state index in [0.717, 1.165) is 22.6 Å². The van der Waals surface area contributed by atoms with Crippen LogP contribution in [-0.2, 0) is 0 Å². The van der Waals surface area contributed by atoms with Crippen LogP contribution in [0, 0.1) is 6.92 Å². The molecule has 1 aromatic rings. The van der Waals surface area contributed by atoms with Gasteiger partial charge in [0, 0.05) is 18.1 Å². The number of fused-ring (bicyclic) bond motifs is 1. The highest BCUT2D eigenvalue weighted by Gasteiger charge is 2.21. The summed E-state index contributed by atoms with van der Waals surface area (Å²) in [4.78, 5) is 0. The van der Waals surface area contributed by atoms with Gasteiger partial charge in [0.05, 0.1) is 0 Å². The Bertz CT molecular complexity index is 347. The second-order valence-corrected chi connectivity index (χ2v) is 3.67. The van der Waals surface area contributed by atoms with Crippen LogP contribution in [0.4, 0.5) is 0 Å². The van der Waals surface area contributed by atoms with Crippen molar-refractivity contribution in [2.24, 2.45) is 0 Å². The van der Waals surface area contributed by atoms with Crippen LogP contribution in [0.2, 0.25) is 0 Å². The van der Waals surface area contributed by atoms with Gasteiger partial charge in [0.2, 0.25) is 6.79 Å². The van der Waals surface area contributed by atoms with Crippen molar-refractivity contribution in [2.45, 2.75) is 19.8 Å². The van der Waals surface area contributed by atoms with Gasteiger partial charge in [-0.2, -0.15) is 0 Å². The lowest BCUT2D eigenvalue weighted by Crippen LogP contribution is -2.01. The molecule has 76 valence electrons. The summed E-state index contributed by atoms with van der Waals surface area (Å²) in [5.41, 5.74) is 2.16. The van der Waals surface area contributed by atoms with Crippen LogP contribution in [0.15, 0.2) is 12.1 Å². The van der Waals surface area contributed by atoms with E-state index in [1.54, 1.807) is 0 Å². The van der Waals surface area contributed by atoms with Crippen LogP contribution < -0.4 is 9.47 Å². The molecule has 0 saturated carbocycles. The molecule has 1 aromatic carbocycles. The van der Waals surface area contributed by atoms with Crippen molar-refractivity contribution in [2.75, 3.05) is 13.4 Å². The van der Waals surface area contributed by atoms with Gasteiger partial charge in [0.25, 0.3) is 0 Å². The third kappa shape index (κ3) is 1.44. The molecular formula is C11H14O3. The van der Waals surface area contributed by atoms with Crippen LogP contribution in [-0.4, -0.2) is 18.5 Å². The number of hydrogen-bond donors (Lipinski definition) is 1. The second kappa shape index (κ2) is 3.50. The first-order chi connectivity index (χ1) is 6.72. The van der Waals surface area contributed by atoms with Gasteiger partial charge in [-0.25, -0.2) is 0 Å². The van der Waals surface area contributed by atoms with Crippen molar-refractivity contribution in [3.05, 3.63) is 23.3 Å². The molecule has 0 aliphatic carbocycles. The molecule has 2 rings (SSSR count). The standard InChI is InChI=1S/C11H14O3/c1-7-3-9(8(2)5-12)11-10(4-7)13-6-14-11/h3-4,8,12H,5-6H2,1-2H3. The maximum absolute atomic E-state index is 9.11. The Hall–Kier alpha value is -1.22. The number of aliphatic hydroxyl groups excluding tert-OH is 1. The zero-order valence-electron chi connectivity index (χ0n) is 8.41. The molecule has 0 radical (unpaired) electrons. The van der Waals surface area contributed by atoms with E-state index in [2.05, 4.69) is 0 Å². The molecular weight excluding hydrogens is 180 g/mol. The van der Waals surface area contributed by atoms with Crippen LogP contribution in [0.25, 0.3) is 0 Å². The molecule has 1 aliphatic rings. The van der Waals surface area contributed by atoms with Gasteiger partial charge >= 0.3 is 0 Å². The molecule has 0 amide bonds. The van der Waals surface area contributed by atoms with Gasteiger partial charge in [0.1, 0.15) is 0 Å². The van der Waals surface area contributed by atoms with Crippen molar-refractivity contribution < 1.29 is 14.6 Å². The first-order valence-electron chi connectivity index (χ1n) is 4.73. The van der Waals surface area contributed by atoms with E-state index >= 15 is 0 Å². The lowest BCUT2D eigenvalue weighted by Gasteiger charge is -2.12. The SMILES string of the molecule is Cc1cc2c(c(C(C)CO)c1)OCO2. The van der Waals surface area contributed by atoms with E-state index in [0.29, 0.717) is 0 Å². The second-order valence-electron chi connectivity index (χ2n) is 3.67. The van der Waals surface area contributed by atoms with Crippen molar-refractivity contribution in [3.8, 4) is 11.5 Å². The first kappa shape index (κ1) is 9.34. The van der Waals surface area contributed by atoms with Gasteiger partial charge in [-0.05, 0) is 18.6 Å². The minimum absolute atomic E-state index is 0.0883. The normalized spacial score (nSPS) is 15.6. The Morgan fingerprint density at radius 3 is 2.93 bits per heavy atom. The minimum atomic E-state index is 0.0883. The predicted molar refractivity (Wildman–Crippen MR) is 52.8 cm³/mol. The smallest absolute Gasteiger partial charge is 0.231 e. The summed E-state index contributed by atoms with van der Waals surface area (Å²) in [7, 11) is 0. The molecule has 0 fully saturated rings. The van der Waals surface area contributed by atoms with Crippen LogP contribution in [0.3, 0.4) is 0 Å². The third-order valence-electron chi connectivity index (χ3n) is 2.45. The zero-order valence-corrected chi connectivity index (χ0v) is 8.41. The average Bonchev–Trinajstić information content (AvgIpc) is 2.62. The number of hydrogen-bond acceptors (Lipinski definition) is 3. The Morgan fingerprint density at radius 2 is 2.21 bits per heavy atom. The number of rotatable bonds is 2. The fourth-order valence-electron chi connectivity index (χ4n) is 1.65. The third-order valence-corrected chi connectivity index (χ3v) is 2.45. The Balaban J connectivity index is 2.48. The zero-order chi connectivity index (χ0) is 10.1. The van der Waals surface area contributed by atoms with E-state index < -0.39 is 0 Å². The highest BCUT2D eigenvalue weighted by molar-refractivity contribution is 5.52. The lowest BCUT2D eigenvalue weighted by atomic mass is 9.98. The highest BCUT2D eigenvalue weighted by atomic mass is 16.7. The summed E-state index contributed by atoms with van der Waals surface area (Å²) < 4.78 is 10.7. The van der Waals surface area contributed by atoms with Crippen molar-refractivity contribution in [1.82, 2.24) is 0 Å². The topological polar surface area (TPSA) is 38.7 Å². The molecule has 0 saturated heterocycles. The Morgan fingerprint density at radius 1 is 1.43 bits per heavy atom. The maximum atomic E-state index is 9.11. The van der Waals surface area contributed by atoms with Crippen LogP contribution in [0.5, 0.6) is 11.5 Å². The molecule has 0 spiro atoms. The van der Waals surface area contributed by atoms with Crippen LogP contribution in [0.1, 0.15) is 24.0 Å². The van der Waals surface area contributed by atoms with E-state index in [-0.39, 0.29) is 19.3 Å². The largest absolute Gasteiger partial charge is 0.454 e. The molecule has 1 unspecified atom stereocenters. The molecule has 1 aliphatic heterocycles. The molecule has 0 bridgehead atoms. The van der Waals surface area contributed by atoms with E-state index in [1.165, 1.54) is 0 Å². The lowest BCUT2D eigenvalue weighted by molar-refractivity contribution is 0.172. The van der Waals surface area contributed by atoms with Crippen LogP contribution >= 0.6 is 0 Å². The summed E-state index contributed by atoms with van der Waals surface area (Å²) >= 11 is 0. The number of aryl methyl sites for hydroxylation is 1. The van der Waals surface area contributed by atoms with Gasteiger partial charge in [0.15, 0.2) is 11.5 Å². The molecule has 0 aromatic heterocycles. The summed E-state index contributed by atoms with van der Waals surface area (Å²) in [5, 5.41) is 9.11. The molecule has 1 atom stereocenters. The maximum Gasteiger partial charge on any atom is 0.231 e. The summed E-state index contributed by atoms with van der Waals surface area (Å²) in [6.45, 7) is 4.38. The summed E-state index contributed by atoms with van der Waals surface area (Å²) in [5.74, 6) is 1.67. The fraction of sp³-hybridized carbons (Fsp3) is 0.455. The monoisotopic (exact) mass is 194 g/mol. The van der Waals surface area contributed by atoms with Gasteiger partial charge in [-0.1, -0.05) is 13.0 Å². The van der Waals surface area contributed by atoms with E-state index in [1.807, 2.05) is 26.0 Å². The minimum Gasteiger partial charge on any atom is -0.454 e. The molecule has 14 heavy (non-hydrogen) atoms. The summed E-state index contributed by atoms with van der Waals surface area (Å²) in [6.07, 6.45) is 0. The van der Waals surface area contributed by atoms with Crippen molar-refractivity contribution in [1.29, 1.82) is 0 Å². The van der Waals surface area contributed by atoms with Gasteiger partial charge in [-0.15, -0.1) is 0 Å². The fourth-order valence-corrected chi connectivity index (χ4v) is 1.65. The molecule has 3 nitrogen and oxygen atoms in total. The highest BCUT2D eigenvalue weighted by Crippen LogP contribution is 2.39. The van der Waals surface area contributed by atoms with E-state index in [9.17, 15) is 0 Å². The number of aliphatic hydroxyl groups is 1. The molecule has 3 heteroatoms. The van der Waals surface area contributed by atoms with Gasteiger partial charge < -0.3 is 14.6 Å². The predicted octanol–water partition coefficient (Wildman–Crippen LogP) is 1.82. The summed E-state index contributed by atoms with van der Waals surface area (Å²) in [6, 6.07) is 3.99. The first-order valence-corrected chi connectivity index (χ1v) is 4.73. The average molecular weight is 194 g/mol.